The number of halogens is 2. The van der Waals surface area contributed by atoms with Crippen molar-refractivity contribution in [3.63, 3.8) is 0 Å². The number of alkyl halides is 2. The van der Waals surface area contributed by atoms with Crippen LogP contribution in [0.4, 0.5) is 14.6 Å². The standard InChI is InChI=1S/C23H22F2N8/c24-23(25)7-19(23)14-33-13-18(10-30-33)20-6-16(8-28-21(20)31-22(26)27)17-9-29-32(12-17)11-15-4-2-1-3-5-15/h1-6,8-10,12-13,19H,7,11,14H2,(H4,26,27,28,31). The fraction of sp³-hybridized carbons (Fsp3) is 0.217. The predicted molar refractivity (Wildman–Crippen MR) is 121 cm³/mol. The number of aliphatic imine (C=N–C) groups is 1. The predicted octanol–water partition coefficient (Wildman–Crippen LogP) is 3.42. The number of pyridine rings is 1. The molecule has 8 nitrogen and oxygen atoms in total. The van der Waals surface area contributed by atoms with Gasteiger partial charge in [0.1, 0.15) is 0 Å². The van der Waals surface area contributed by atoms with Crippen molar-refractivity contribution in [3.8, 4) is 22.3 Å². The van der Waals surface area contributed by atoms with Gasteiger partial charge in [-0.15, -0.1) is 0 Å². The van der Waals surface area contributed by atoms with E-state index in [0.717, 1.165) is 16.7 Å². The molecule has 0 aliphatic heterocycles. The van der Waals surface area contributed by atoms with E-state index in [2.05, 4.69) is 20.2 Å². The first kappa shape index (κ1) is 20.8. The summed E-state index contributed by atoms with van der Waals surface area (Å²) in [5, 5.41) is 8.69. The van der Waals surface area contributed by atoms with Gasteiger partial charge in [-0.1, -0.05) is 30.3 Å². The highest BCUT2D eigenvalue weighted by Crippen LogP contribution is 2.49. The Morgan fingerprint density at radius 2 is 1.70 bits per heavy atom. The molecule has 10 heteroatoms. The largest absolute Gasteiger partial charge is 0.370 e. The molecule has 0 bridgehead atoms. The van der Waals surface area contributed by atoms with Crippen LogP contribution in [0.2, 0.25) is 0 Å². The molecule has 0 spiro atoms. The smallest absolute Gasteiger partial charge is 0.253 e. The second kappa shape index (κ2) is 8.12. The minimum Gasteiger partial charge on any atom is -0.370 e. The van der Waals surface area contributed by atoms with E-state index in [1.165, 1.54) is 4.68 Å². The highest BCUT2D eigenvalue weighted by Gasteiger charge is 2.56. The number of nitrogens with two attached hydrogens (primary N) is 2. The van der Waals surface area contributed by atoms with Crippen molar-refractivity contribution >= 4 is 11.8 Å². The summed E-state index contributed by atoms with van der Waals surface area (Å²) in [5.74, 6) is -3.08. The first-order chi connectivity index (χ1) is 15.9. The Balaban J connectivity index is 1.44. The van der Waals surface area contributed by atoms with Gasteiger partial charge in [0.05, 0.1) is 18.9 Å². The minimum absolute atomic E-state index is 0.106. The van der Waals surface area contributed by atoms with Gasteiger partial charge in [0.15, 0.2) is 11.8 Å². The third-order valence-electron chi connectivity index (χ3n) is 5.56. The van der Waals surface area contributed by atoms with Gasteiger partial charge < -0.3 is 11.5 Å². The van der Waals surface area contributed by atoms with E-state index in [-0.39, 0.29) is 18.9 Å². The van der Waals surface area contributed by atoms with Gasteiger partial charge in [-0.05, 0) is 11.6 Å². The van der Waals surface area contributed by atoms with Gasteiger partial charge in [0.2, 0.25) is 0 Å². The van der Waals surface area contributed by atoms with Crippen LogP contribution >= 0.6 is 0 Å². The fourth-order valence-corrected chi connectivity index (χ4v) is 3.70. The quantitative estimate of drug-likeness (QED) is 0.332. The average molecular weight is 448 g/mol. The van der Waals surface area contributed by atoms with Crippen LogP contribution in [0.3, 0.4) is 0 Å². The molecule has 33 heavy (non-hydrogen) atoms. The number of nitrogens with zero attached hydrogens (tertiary/aromatic N) is 6. The maximum absolute atomic E-state index is 13.3. The SMILES string of the molecule is NC(N)=Nc1ncc(-c2cnn(Cc3ccccc3)c2)cc1-c1cnn(CC2CC2(F)F)c1. The van der Waals surface area contributed by atoms with E-state index in [4.69, 9.17) is 11.5 Å². The molecule has 1 aromatic carbocycles. The number of hydrogen-bond donors (Lipinski definition) is 2. The number of rotatable bonds is 7. The fourth-order valence-electron chi connectivity index (χ4n) is 3.70. The lowest BCUT2D eigenvalue weighted by Crippen LogP contribution is -2.22. The zero-order valence-corrected chi connectivity index (χ0v) is 17.6. The molecule has 1 fully saturated rings. The molecule has 4 N–H and O–H groups in total. The molecular weight excluding hydrogens is 426 g/mol. The third kappa shape index (κ3) is 4.59. The van der Waals surface area contributed by atoms with Crippen LogP contribution in [0.1, 0.15) is 12.0 Å². The van der Waals surface area contributed by atoms with Crippen LogP contribution < -0.4 is 11.5 Å². The first-order valence-electron chi connectivity index (χ1n) is 10.4. The second-order valence-electron chi connectivity index (χ2n) is 8.16. The molecule has 1 aliphatic rings. The monoisotopic (exact) mass is 448 g/mol. The summed E-state index contributed by atoms with van der Waals surface area (Å²) in [6, 6.07) is 11.9. The maximum Gasteiger partial charge on any atom is 0.253 e. The van der Waals surface area contributed by atoms with Crippen molar-refractivity contribution in [2.24, 2.45) is 22.4 Å². The lowest BCUT2D eigenvalue weighted by molar-refractivity contribution is 0.0942. The van der Waals surface area contributed by atoms with Crippen LogP contribution in [-0.4, -0.2) is 36.4 Å². The van der Waals surface area contributed by atoms with Crippen molar-refractivity contribution in [2.75, 3.05) is 0 Å². The number of hydrogen-bond acceptors (Lipinski definition) is 4. The molecule has 1 aliphatic carbocycles. The summed E-state index contributed by atoms with van der Waals surface area (Å²) in [7, 11) is 0. The Hall–Kier alpha value is -4.08. The van der Waals surface area contributed by atoms with Gasteiger partial charge in [-0.25, -0.2) is 13.8 Å². The summed E-state index contributed by atoms with van der Waals surface area (Å²) < 4.78 is 30.0. The molecule has 1 unspecified atom stereocenters. The molecular formula is C23H22F2N8. The molecule has 4 aromatic rings. The number of guanidine groups is 1. The Morgan fingerprint density at radius 3 is 2.42 bits per heavy atom. The first-order valence-corrected chi connectivity index (χ1v) is 10.4. The number of aromatic nitrogens is 5. The zero-order valence-electron chi connectivity index (χ0n) is 17.6. The highest BCUT2D eigenvalue weighted by molar-refractivity contribution is 5.84. The molecule has 0 amide bonds. The van der Waals surface area contributed by atoms with Crippen molar-refractivity contribution in [1.82, 2.24) is 24.5 Å². The van der Waals surface area contributed by atoms with Crippen molar-refractivity contribution in [1.29, 1.82) is 0 Å². The van der Waals surface area contributed by atoms with Gasteiger partial charge >= 0.3 is 0 Å². The molecule has 0 radical (unpaired) electrons. The summed E-state index contributed by atoms with van der Waals surface area (Å²) in [4.78, 5) is 8.55. The number of benzene rings is 1. The van der Waals surface area contributed by atoms with Gasteiger partial charge in [-0.2, -0.15) is 15.2 Å². The molecule has 1 atom stereocenters. The van der Waals surface area contributed by atoms with Crippen LogP contribution in [0, 0.1) is 5.92 Å². The van der Waals surface area contributed by atoms with E-state index < -0.39 is 11.8 Å². The molecule has 1 saturated carbocycles. The van der Waals surface area contributed by atoms with Crippen molar-refractivity contribution < 1.29 is 8.78 Å². The van der Waals surface area contributed by atoms with E-state index in [1.54, 1.807) is 24.8 Å². The summed E-state index contributed by atoms with van der Waals surface area (Å²) >= 11 is 0. The van der Waals surface area contributed by atoms with Gasteiger partial charge in [0.25, 0.3) is 5.92 Å². The van der Waals surface area contributed by atoms with Crippen LogP contribution in [-0.2, 0) is 13.1 Å². The Kier molecular flexibility index (Phi) is 5.12. The molecule has 3 heterocycles. The van der Waals surface area contributed by atoms with Crippen LogP contribution in [0.5, 0.6) is 0 Å². The Labute approximate surface area is 188 Å². The van der Waals surface area contributed by atoms with E-state index >= 15 is 0 Å². The van der Waals surface area contributed by atoms with Crippen molar-refractivity contribution in [2.45, 2.75) is 25.4 Å². The van der Waals surface area contributed by atoms with E-state index in [9.17, 15) is 8.78 Å². The van der Waals surface area contributed by atoms with Gasteiger partial charge in [0, 0.05) is 59.7 Å². The van der Waals surface area contributed by atoms with Gasteiger partial charge in [-0.3, -0.25) is 9.36 Å². The lowest BCUT2D eigenvalue weighted by atomic mass is 10.1. The molecule has 3 aromatic heterocycles. The Bertz CT molecular complexity index is 1310. The summed E-state index contributed by atoms with van der Waals surface area (Å²) in [5.41, 5.74) is 15.3. The molecule has 168 valence electrons. The van der Waals surface area contributed by atoms with Crippen LogP contribution in [0.15, 0.2) is 72.4 Å². The molecule has 0 saturated heterocycles. The Morgan fingerprint density at radius 1 is 1.00 bits per heavy atom. The molecule has 5 rings (SSSR count). The van der Waals surface area contributed by atoms with Crippen LogP contribution in [0.25, 0.3) is 22.3 Å². The minimum atomic E-state index is -2.60. The maximum atomic E-state index is 13.3. The second-order valence-corrected chi connectivity index (χ2v) is 8.16. The average Bonchev–Trinajstić information content (AvgIpc) is 3.17. The third-order valence-corrected chi connectivity index (χ3v) is 5.56. The van der Waals surface area contributed by atoms with E-state index in [0.29, 0.717) is 23.5 Å². The summed E-state index contributed by atoms with van der Waals surface area (Å²) in [6.45, 7) is 0.801. The topological polar surface area (TPSA) is 113 Å². The lowest BCUT2D eigenvalue weighted by Gasteiger charge is -2.06. The van der Waals surface area contributed by atoms with E-state index in [1.807, 2.05) is 47.3 Å². The normalized spacial score (nSPS) is 16.5. The highest BCUT2D eigenvalue weighted by atomic mass is 19.3. The summed E-state index contributed by atoms with van der Waals surface area (Å²) in [6.07, 6.45) is 8.58. The van der Waals surface area contributed by atoms with Crippen molar-refractivity contribution in [3.05, 3.63) is 72.9 Å². The zero-order chi connectivity index (χ0) is 23.0.